The number of nitrogens with zero attached hydrogens (tertiary/aromatic N) is 4. The van der Waals surface area contributed by atoms with Crippen LogP contribution in [0.1, 0.15) is 51.1 Å². The van der Waals surface area contributed by atoms with Crippen molar-refractivity contribution in [1.29, 1.82) is 0 Å². The van der Waals surface area contributed by atoms with Crippen LogP contribution in [-0.2, 0) is 11.3 Å². The summed E-state index contributed by atoms with van der Waals surface area (Å²) in [5.74, 6) is 1.06. The lowest BCUT2D eigenvalue weighted by Gasteiger charge is -2.45. The van der Waals surface area contributed by atoms with Crippen LogP contribution in [0.25, 0.3) is 0 Å². The van der Waals surface area contributed by atoms with Crippen LogP contribution >= 0.6 is 0 Å². The van der Waals surface area contributed by atoms with Crippen molar-refractivity contribution in [2.45, 2.75) is 52.0 Å². The Morgan fingerprint density at radius 3 is 2.55 bits per heavy atom. The van der Waals surface area contributed by atoms with Crippen LogP contribution < -0.4 is 0 Å². The van der Waals surface area contributed by atoms with Gasteiger partial charge in [-0.3, -0.25) is 14.7 Å². The molecule has 0 N–H and O–H groups in total. The lowest BCUT2D eigenvalue weighted by molar-refractivity contribution is -0.143. The minimum absolute atomic E-state index is 0.0937. The molecule has 1 spiro atoms. The SMILES string of the molecule is CCN1C[C@H]2C3(CCN(Cc4ccccn4)CC3)CC[C@@]2(C(=O)N2CCCC2)C1. The van der Waals surface area contributed by atoms with Gasteiger partial charge in [0.2, 0.25) is 5.91 Å². The predicted molar refractivity (Wildman–Crippen MR) is 114 cm³/mol. The highest BCUT2D eigenvalue weighted by Gasteiger charge is 2.64. The molecule has 1 aliphatic carbocycles. The summed E-state index contributed by atoms with van der Waals surface area (Å²) in [6.45, 7) is 10.7. The number of piperidine rings is 1. The minimum atomic E-state index is -0.0937. The molecule has 5 rings (SSSR count). The van der Waals surface area contributed by atoms with Gasteiger partial charge in [0.25, 0.3) is 0 Å². The third kappa shape index (κ3) is 3.31. The number of fused-ring (bicyclic) bond motifs is 2. The van der Waals surface area contributed by atoms with E-state index in [0.717, 1.165) is 58.8 Å². The van der Waals surface area contributed by atoms with Crippen molar-refractivity contribution < 1.29 is 4.79 Å². The number of likely N-dealkylation sites (tertiary alicyclic amines) is 3. The second-order valence-electron chi connectivity index (χ2n) is 10.00. The smallest absolute Gasteiger partial charge is 0.230 e. The maximum atomic E-state index is 13.7. The zero-order chi connectivity index (χ0) is 19.9. The lowest BCUT2D eigenvalue weighted by Crippen LogP contribution is -2.49. The first-order chi connectivity index (χ1) is 14.2. The van der Waals surface area contributed by atoms with Crippen molar-refractivity contribution in [1.82, 2.24) is 19.7 Å². The van der Waals surface area contributed by atoms with Gasteiger partial charge in [-0.25, -0.2) is 0 Å². The molecule has 0 radical (unpaired) electrons. The first-order valence-corrected chi connectivity index (χ1v) is 11.8. The van der Waals surface area contributed by atoms with E-state index < -0.39 is 0 Å². The summed E-state index contributed by atoms with van der Waals surface area (Å²) in [5.41, 5.74) is 1.45. The molecule has 5 heteroatoms. The molecule has 5 nitrogen and oxygen atoms in total. The number of hydrogen-bond acceptors (Lipinski definition) is 4. The number of aromatic nitrogens is 1. The van der Waals surface area contributed by atoms with E-state index in [1.807, 2.05) is 12.3 Å². The van der Waals surface area contributed by atoms with E-state index in [-0.39, 0.29) is 5.41 Å². The Bertz CT molecular complexity index is 724. The molecule has 1 amide bonds. The summed E-state index contributed by atoms with van der Waals surface area (Å²) in [6.07, 6.45) is 9.15. The molecule has 2 atom stereocenters. The van der Waals surface area contributed by atoms with E-state index >= 15 is 0 Å². The van der Waals surface area contributed by atoms with Crippen molar-refractivity contribution in [2.75, 3.05) is 45.8 Å². The van der Waals surface area contributed by atoms with E-state index in [2.05, 4.69) is 38.7 Å². The van der Waals surface area contributed by atoms with Gasteiger partial charge in [0.1, 0.15) is 0 Å². The molecule has 1 aromatic heterocycles. The summed E-state index contributed by atoms with van der Waals surface area (Å²) >= 11 is 0. The zero-order valence-corrected chi connectivity index (χ0v) is 18.0. The number of carbonyl (C=O) groups excluding carboxylic acids is 1. The Hall–Kier alpha value is -1.46. The first-order valence-electron chi connectivity index (χ1n) is 11.8. The second kappa shape index (κ2) is 7.66. The van der Waals surface area contributed by atoms with Gasteiger partial charge in [-0.05, 0) is 81.6 Å². The van der Waals surface area contributed by atoms with E-state index in [9.17, 15) is 4.79 Å². The molecule has 3 saturated heterocycles. The topological polar surface area (TPSA) is 39.7 Å². The van der Waals surface area contributed by atoms with E-state index in [4.69, 9.17) is 0 Å². The average Bonchev–Trinajstić information content (AvgIpc) is 3.47. The van der Waals surface area contributed by atoms with Gasteiger partial charge in [-0.15, -0.1) is 0 Å². The highest BCUT2D eigenvalue weighted by molar-refractivity contribution is 5.84. The van der Waals surface area contributed by atoms with Crippen LogP contribution in [0.15, 0.2) is 24.4 Å². The molecule has 4 heterocycles. The summed E-state index contributed by atoms with van der Waals surface area (Å²) < 4.78 is 0. The molecule has 4 aliphatic rings. The number of rotatable bonds is 4. The van der Waals surface area contributed by atoms with Gasteiger partial charge in [-0.2, -0.15) is 0 Å². The molecule has 0 aromatic carbocycles. The van der Waals surface area contributed by atoms with E-state index in [1.54, 1.807) is 0 Å². The van der Waals surface area contributed by atoms with Crippen molar-refractivity contribution in [3.05, 3.63) is 30.1 Å². The van der Waals surface area contributed by atoms with Crippen LogP contribution in [0.5, 0.6) is 0 Å². The Balaban J connectivity index is 1.32. The van der Waals surface area contributed by atoms with E-state index in [0.29, 0.717) is 17.2 Å². The second-order valence-corrected chi connectivity index (χ2v) is 10.00. The maximum absolute atomic E-state index is 13.7. The highest BCUT2D eigenvalue weighted by Crippen LogP contribution is 2.62. The molecular formula is C24H36N4O. The van der Waals surface area contributed by atoms with Gasteiger partial charge >= 0.3 is 0 Å². The van der Waals surface area contributed by atoms with Crippen LogP contribution in [0.3, 0.4) is 0 Å². The summed E-state index contributed by atoms with van der Waals surface area (Å²) in [5, 5.41) is 0. The Labute approximate surface area is 175 Å². The van der Waals surface area contributed by atoms with Crippen molar-refractivity contribution >= 4 is 5.91 Å². The summed E-state index contributed by atoms with van der Waals surface area (Å²) in [7, 11) is 0. The molecule has 1 aromatic rings. The fraction of sp³-hybridized carbons (Fsp3) is 0.750. The Kier molecular flexibility index (Phi) is 5.15. The first kappa shape index (κ1) is 19.5. The van der Waals surface area contributed by atoms with E-state index in [1.165, 1.54) is 37.8 Å². The van der Waals surface area contributed by atoms with Gasteiger partial charge in [0, 0.05) is 38.9 Å². The third-order valence-electron chi connectivity index (χ3n) is 8.65. The predicted octanol–water partition coefficient (Wildman–Crippen LogP) is 3.02. The molecule has 0 unspecified atom stereocenters. The molecule has 3 aliphatic heterocycles. The molecule has 0 bridgehead atoms. The molecule has 158 valence electrons. The lowest BCUT2D eigenvalue weighted by atomic mass is 9.65. The van der Waals surface area contributed by atoms with Crippen molar-refractivity contribution in [3.8, 4) is 0 Å². The van der Waals surface area contributed by atoms with Crippen molar-refractivity contribution in [2.24, 2.45) is 16.7 Å². The Morgan fingerprint density at radius 2 is 1.86 bits per heavy atom. The third-order valence-corrected chi connectivity index (χ3v) is 8.65. The maximum Gasteiger partial charge on any atom is 0.230 e. The largest absolute Gasteiger partial charge is 0.342 e. The standard InChI is InChI=1S/C24H36N4O/c1-2-26-18-21-23(8-9-24(21,19-26)22(29)28-13-5-6-14-28)10-15-27(16-11-23)17-20-7-3-4-12-25-20/h3-4,7,12,21H,2,5-6,8-11,13-19H2,1H3/t21-,24+/m0/s1. The fourth-order valence-corrected chi connectivity index (χ4v) is 6.96. The molecule has 1 saturated carbocycles. The summed E-state index contributed by atoms with van der Waals surface area (Å²) in [4.78, 5) is 25.6. The van der Waals surface area contributed by atoms with Gasteiger partial charge in [0.15, 0.2) is 0 Å². The van der Waals surface area contributed by atoms with Crippen LogP contribution in [0.2, 0.25) is 0 Å². The fourth-order valence-electron chi connectivity index (χ4n) is 6.96. The number of amides is 1. The average molecular weight is 397 g/mol. The zero-order valence-electron chi connectivity index (χ0n) is 18.0. The molecule has 4 fully saturated rings. The van der Waals surface area contributed by atoms with Gasteiger partial charge in [0.05, 0.1) is 11.1 Å². The van der Waals surface area contributed by atoms with Crippen molar-refractivity contribution in [3.63, 3.8) is 0 Å². The highest BCUT2D eigenvalue weighted by atomic mass is 16.2. The number of hydrogen-bond donors (Lipinski definition) is 0. The number of carbonyl (C=O) groups is 1. The Morgan fingerprint density at radius 1 is 1.07 bits per heavy atom. The van der Waals surface area contributed by atoms with Crippen LogP contribution in [0, 0.1) is 16.7 Å². The monoisotopic (exact) mass is 396 g/mol. The molecular weight excluding hydrogens is 360 g/mol. The minimum Gasteiger partial charge on any atom is -0.342 e. The summed E-state index contributed by atoms with van der Waals surface area (Å²) in [6, 6.07) is 6.21. The van der Waals surface area contributed by atoms with Crippen LogP contribution in [-0.4, -0.2) is 71.4 Å². The van der Waals surface area contributed by atoms with Gasteiger partial charge < -0.3 is 9.80 Å². The van der Waals surface area contributed by atoms with Crippen LogP contribution in [0.4, 0.5) is 0 Å². The van der Waals surface area contributed by atoms with Gasteiger partial charge in [-0.1, -0.05) is 13.0 Å². The molecule has 29 heavy (non-hydrogen) atoms. The quantitative estimate of drug-likeness (QED) is 0.784. The normalized spacial score (nSPS) is 32.2. The number of pyridine rings is 1.